The molecule has 3 heterocycles. The minimum atomic E-state index is 0.0661. The molecule has 1 saturated heterocycles. The van der Waals surface area contributed by atoms with Gasteiger partial charge in [0.2, 0.25) is 0 Å². The lowest BCUT2D eigenvalue weighted by Gasteiger charge is -2.39. The summed E-state index contributed by atoms with van der Waals surface area (Å²) in [7, 11) is 5.95. The Bertz CT molecular complexity index is 897. The first-order valence-electron chi connectivity index (χ1n) is 10.1. The van der Waals surface area contributed by atoms with Gasteiger partial charge in [-0.15, -0.1) is 0 Å². The molecule has 5 nitrogen and oxygen atoms in total. The number of ether oxygens (including phenoxy) is 2. The molecule has 0 N–H and O–H groups in total. The van der Waals surface area contributed by atoms with Crippen LogP contribution in [-0.2, 0) is 4.79 Å². The maximum absolute atomic E-state index is 13.0. The molecule has 0 aliphatic carbocycles. The fourth-order valence-electron chi connectivity index (χ4n) is 4.33. The number of benzene rings is 1. The molecule has 0 bridgehead atoms. The Morgan fingerprint density at radius 3 is 2.48 bits per heavy atom. The predicted octanol–water partition coefficient (Wildman–Crippen LogP) is 4.08. The van der Waals surface area contributed by atoms with E-state index in [1.807, 2.05) is 23.1 Å². The van der Waals surface area contributed by atoms with Crippen LogP contribution >= 0.6 is 8.58 Å². The summed E-state index contributed by atoms with van der Waals surface area (Å²) in [6, 6.07) is 5.87. The van der Waals surface area contributed by atoms with Crippen LogP contribution in [0.5, 0.6) is 11.5 Å². The van der Waals surface area contributed by atoms with Gasteiger partial charge in [0, 0.05) is 12.3 Å². The highest BCUT2D eigenvalue weighted by Gasteiger charge is 2.33. The van der Waals surface area contributed by atoms with Gasteiger partial charge < -0.3 is 19.3 Å². The van der Waals surface area contributed by atoms with E-state index in [0.29, 0.717) is 26.0 Å². The van der Waals surface area contributed by atoms with Crippen molar-refractivity contribution < 1.29 is 14.3 Å². The van der Waals surface area contributed by atoms with Crippen LogP contribution < -0.4 is 9.47 Å². The van der Waals surface area contributed by atoms with Crippen molar-refractivity contribution in [2.45, 2.75) is 25.5 Å². The smallest absolute Gasteiger partial charge is 0.252 e. The van der Waals surface area contributed by atoms with Crippen LogP contribution in [0.3, 0.4) is 0 Å². The molecule has 4 rings (SSSR count). The zero-order valence-electron chi connectivity index (χ0n) is 17.6. The molecule has 1 fully saturated rings. The van der Waals surface area contributed by atoms with Crippen LogP contribution in [0.4, 0.5) is 0 Å². The van der Waals surface area contributed by atoms with E-state index < -0.39 is 0 Å². The molecule has 1 amide bonds. The molecule has 2 unspecified atom stereocenters. The Morgan fingerprint density at radius 1 is 1.07 bits per heavy atom. The predicted molar refractivity (Wildman–Crippen MR) is 119 cm³/mol. The molecule has 0 radical (unpaired) electrons. The highest BCUT2D eigenvalue weighted by molar-refractivity contribution is 7.51. The first kappa shape index (κ1) is 20.2. The van der Waals surface area contributed by atoms with E-state index in [0.717, 1.165) is 36.8 Å². The number of nitrogens with zero attached hydrogens (tertiary/aromatic N) is 2. The first-order valence-corrected chi connectivity index (χ1v) is 11.2. The van der Waals surface area contributed by atoms with Crippen molar-refractivity contribution in [3.8, 4) is 11.5 Å². The third-order valence-corrected chi connectivity index (χ3v) is 7.84. The third-order valence-electron chi connectivity index (χ3n) is 6.09. The fourth-order valence-corrected chi connectivity index (χ4v) is 5.81. The summed E-state index contributed by atoms with van der Waals surface area (Å²) in [4.78, 5) is 17.4. The summed E-state index contributed by atoms with van der Waals surface area (Å²) >= 11 is 0. The molecule has 0 aromatic heterocycles. The van der Waals surface area contributed by atoms with Gasteiger partial charge in [-0.3, -0.25) is 4.79 Å². The lowest BCUT2D eigenvalue weighted by molar-refractivity contribution is -0.123. The van der Waals surface area contributed by atoms with E-state index in [9.17, 15) is 4.79 Å². The Morgan fingerprint density at radius 2 is 1.79 bits per heavy atom. The summed E-state index contributed by atoms with van der Waals surface area (Å²) in [5.41, 5.74) is 3.61. The molecular weight excluding hydrogens is 383 g/mol. The summed E-state index contributed by atoms with van der Waals surface area (Å²) < 4.78 is 10.8. The zero-order valence-corrected chi connectivity index (χ0v) is 18.6. The standard InChI is InChI=1S/C23H29N2O3P/c1-15-11-18(16-7-9-24(2)10-8-16)14-25-22(26)13-21(29-23(15)25)17-5-6-19(27-3)20(12-17)28-4/h5-6,11-14,16,23,29H,7-10H2,1-4H3. The number of carbonyl (C=O) groups is 1. The minimum absolute atomic E-state index is 0.0661. The molecule has 29 heavy (non-hydrogen) atoms. The summed E-state index contributed by atoms with van der Waals surface area (Å²) in [5.74, 6) is 2.12. The highest BCUT2D eigenvalue weighted by atomic mass is 31.1. The molecule has 154 valence electrons. The number of rotatable bonds is 4. The number of fused-ring (bicyclic) bond motifs is 1. The number of hydrogen-bond donors (Lipinski definition) is 0. The van der Waals surface area contributed by atoms with Crippen LogP contribution in [-0.4, -0.2) is 55.8 Å². The van der Waals surface area contributed by atoms with Gasteiger partial charge in [0.25, 0.3) is 5.91 Å². The van der Waals surface area contributed by atoms with Crippen molar-refractivity contribution >= 4 is 19.8 Å². The SMILES string of the molecule is COc1ccc(C2=CC(=O)N3C=C(C4CCN(C)CC4)C=C(C)C3P2)cc1OC. The monoisotopic (exact) mass is 412 g/mol. The molecule has 1 aromatic rings. The van der Waals surface area contributed by atoms with Crippen molar-refractivity contribution in [1.82, 2.24) is 9.80 Å². The van der Waals surface area contributed by atoms with E-state index in [2.05, 4.69) is 31.1 Å². The molecule has 3 aliphatic heterocycles. The van der Waals surface area contributed by atoms with Crippen molar-refractivity contribution in [2.75, 3.05) is 34.4 Å². The largest absolute Gasteiger partial charge is 0.493 e. The Balaban J connectivity index is 1.60. The van der Waals surface area contributed by atoms with Crippen LogP contribution in [0.1, 0.15) is 25.3 Å². The number of hydrogen-bond acceptors (Lipinski definition) is 4. The second kappa shape index (κ2) is 8.33. The first-order chi connectivity index (χ1) is 14.0. The average molecular weight is 412 g/mol. The number of allylic oxidation sites excluding steroid dienone is 2. The maximum atomic E-state index is 13.0. The van der Waals surface area contributed by atoms with Crippen LogP contribution in [0.25, 0.3) is 5.31 Å². The zero-order chi connectivity index (χ0) is 20.5. The lowest BCUT2D eigenvalue weighted by atomic mass is 9.87. The second-order valence-corrected chi connectivity index (χ2v) is 9.39. The van der Waals surface area contributed by atoms with E-state index in [4.69, 9.17) is 9.47 Å². The maximum Gasteiger partial charge on any atom is 0.252 e. The quantitative estimate of drug-likeness (QED) is 0.699. The average Bonchev–Trinajstić information content (AvgIpc) is 2.74. The summed E-state index contributed by atoms with van der Waals surface area (Å²) in [6.07, 6.45) is 8.55. The lowest BCUT2D eigenvalue weighted by Crippen LogP contribution is -2.39. The molecular formula is C23H29N2O3P. The van der Waals surface area contributed by atoms with Crippen LogP contribution in [0, 0.1) is 5.92 Å². The van der Waals surface area contributed by atoms with Gasteiger partial charge in [-0.05, 0) is 80.0 Å². The van der Waals surface area contributed by atoms with E-state index in [-0.39, 0.29) is 11.7 Å². The van der Waals surface area contributed by atoms with Crippen LogP contribution in [0.2, 0.25) is 0 Å². The molecule has 0 spiro atoms. The number of likely N-dealkylation sites (tertiary alicyclic amines) is 1. The molecule has 2 atom stereocenters. The van der Waals surface area contributed by atoms with Crippen molar-refractivity contribution in [2.24, 2.45) is 5.92 Å². The molecule has 3 aliphatic rings. The number of carbonyl (C=O) groups excluding carboxylic acids is 1. The van der Waals surface area contributed by atoms with Gasteiger partial charge in [0.15, 0.2) is 11.5 Å². The van der Waals surface area contributed by atoms with Crippen molar-refractivity contribution in [3.05, 3.63) is 53.3 Å². The number of amides is 1. The second-order valence-electron chi connectivity index (χ2n) is 8.02. The molecule has 6 heteroatoms. The fraction of sp³-hybridized carbons (Fsp3) is 0.435. The Kier molecular flexibility index (Phi) is 5.80. The molecule has 1 aromatic carbocycles. The van der Waals surface area contributed by atoms with E-state index in [1.165, 1.54) is 11.1 Å². The number of piperidine rings is 1. The number of methoxy groups -OCH3 is 2. The van der Waals surface area contributed by atoms with Gasteiger partial charge >= 0.3 is 0 Å². The van der Waals surface area contributed by atoms with Crippen LogP contribution in [0.15, 0.2) is 47.7 Å². The topological polar surface area (TPSA) is 42.0 Å². The third kappa shape index (κ3) is 3.99. The summed E-state index contributed by atoms with van der Waals surface area (Å²) in [6.45, 7) is 4.41. The normalized spacial score (nSPS) is 24.0. The minimum Gasteiger partial charge on any atom is -0.493 e. The van der Waals surface area contributed by atoms with Gasteiger partial charge in [-0.1, -0.05) is 20.7 Å². The van der Waals surface area contributed by atoms with Gasteiger partial charge in [0.05, 0.1) is 20.0 Å². The summed E-state index contributed by atoms with van der Waals surface area (Å²) in [5, 5.41) is 1.07. The Labute approximate surface area is 174 Å². The van der Waals surface area contributed by atoms with Crippen molar-refractivity contribution in [1.29, 1.82) is 0 Å². The Hall–Kier alpha value is -2.10. The van der Waals surface area contributed by atoms with Gasteiger partial charge in [-0.25, -0.2) is 0 Å². The van der Waals surface area contributed by atoms with Gasteiger partial charge in [-0.2, -0.15) is 0 Å². The highest BCUT2D eigenvalue weighted by Crippen LogP contribution is 2.48. The van der Waals surface area contributed by atoms with E-state index in [1.54, 1.807) is 20.3 Å². The molecule has 0 saturated carbocycles. The van der Waals surface area contributed by atoms with Gasteiger partial charge in [0.1, 0.15) is 0 Å². The van der Waals surface area contributed by atoms with Crippen molar-refractivity contribution in [3.63, 3.8) is 0 Å². The van der Waals surface area contributed by atoms with E-state index >= 15 is 0 Å².